The molecule has 2 rings (SSSR count). The number of halogens is 2. The molecule has 0 aliphatic carbocycles. The third-order valence-corrected chi connectivity index (χ3v) is 4.00. The molecule has 1 N–H and O–H groups in total. The molecule has 2 atom stereocenters. The monoisotopic (exact) mass is 342 g/mol. The summed E-state index contributed by atoms with van der Waals surface area (Å²) in [5.41, 5.74) is 0.401. The quantitative estimate of drug-likeness (QED) is 0.915. The topological polar surface area (TPSA) is 49.4 Å². The molecule has 1 aromatic rings. The van der Waals surface area contributed by atoms with Gasteiger partial charge in [0.15, 0.2) is 0 Å². The maximum Gasteiger partial charge on any atom is 0.246 e. The summed E-state index contributed by atoms with van der Waals surface area (Å²) < 4.78 is 14.5. The molecule has 1 fully saturated rings. The fraction of sp³-hybridized carbons (Fsp3) is 0.429. The number of piperazine rings is 1. The molecular weight excluding hydrogens is 327 g/mol. The smallest absolute Gasteiger partial charge is 0.246 e. The Morgan fingerprint density at radius 2 is 2.10 bits per heavy atom. The van der Waals surface area contributed by atoms with E-state index in [-0.39, 0.29) is 18.4 Å². The first-order valence-corrected chi connectivity index (χ1v) is 7.28. The second-order valence-electron chi connectivity index (χ2n) is 4.85. The predicted molar refractivity (Wildman–Crippen MR) is 76.3 cm³/mol. The van der Waals surface area contributed by atoms with Crippen LogP contribution in [-0.2, 0) is 16.1 Å². The fourth-order valence-electron chi connectivity index (χ4n) is 2.21. The summed E-state index contributed by atoms with van der Waals surface area (Å²) in [7, 11) is 0. The molecule has 1 aliphatic heterocycles. The molecule has 2 amide bonds. The highest BCUT2D eigenvalue weighted by Gasteiger charge is 2.37. The molecular formula is C14H16BrFN2O2. The van der Waals surface area contributed by atoms with E-state index >= 15 is 0 Å². The fourth-order valence-corrected chi connectivity index (χ4v) is 2.54. The van der Waals surface area contributed by atoms with Gasteiger partial charge < -0.3 is 10.2 Å². The van der Waals surface area contributed by atoms with Gasteiger partial charge in [0.1, 0.15) is 17.9 Å². The van der Waals surface area contributed by atoms with Gasteiger partial charge in [0.05, 0.1) is 0 Å². The van der Waals surface area contributed by atoms with E-state index in [0.717, 1.165) is 0 Å². The van der Waals surface area contributed by atoms with Crippen LogP contribution < -0.4 is 5.32 Å². The van der Waals surface area contributed by atoms with Gasteiger partial charge >= 0.3 is 0 Å². The Kier molecular flexibility index (Phi) is 4.42. The molecule has 0 aromatic heterocycles. The van der Waals surface area contributed by atoms with Crippen LogP contribution in [0, 0.1) is 5.82 Å². The summed E-state index contributed by atoms with van der Waals surface area (Å²) in [5.74, 6) is -0.755. The van der Waals surface area contributed by atoms with Crippen molar-refractivity contribution in [3.05, 3.63) is 34.1 Å². The number of carbonyl (C=O) groups excluding carboxylic acids is 2. The molecule has 0 spiro atoms. The summed E-state index contributed by atoms with van der Waals surface area (Å²) in [6.07, 6.45) is 0.524. The molecule has 4 nitrogen and oxygen atoms in total. The van der Waals surface area contributed by atoms with Crippen molar-refractivity contribution in [3.63, 3.8) is 0 Å². The predicted octanol–water partition coefficient (Wildman–Crippen LogP) is 2.21. The number of amides is 2. The lowest BCUT2D eigenvalue weighted by molar-refractivity contribution is -0.149. The second-order valence-corrected chi connectivity index (χ2v) is 5.76. The number of nitrogens with one attached hydrogen (secondary N) is 1. The Morgan fingerprint density at radius 3 is 2.70 bits per heavy atom. The van der Waals surface area contributed by atoms with E-state index in [9.17, 15) is 14.0 Å². The molecule has 0 radical (unpaired) electrons. The molecule has 2 unspecified atom stereocenters. The van der Waals surface area contributed by atoms with Crippen LogP contribution in [0.5, 0.6) is 0 Å². The SMILES string of the molecule is CCC1NC(=O)C(C)N(Cc2ccc(Br)cc2F)C1=O. The van der Waals surface area contributed by atoms with Crippen molar-refractivity contribution in [2.24, 2.45) is 0 Å². The van der Waals surface area contributed by atoms with E-state index in [1.165, 1.54) is 11.0 Å². The Balaban J connectivity index is 2.25. The van der Waals surface area contributed by atoms with E-state index < -0.39 is 17.9 Å². The van der Waals surface area contributed by atoms with Gasteiger partial charge in [-0.2, -0.15) is 0 Å². The zero-order chi connectivity index (χ0) is 14.9. The van der Waals surface area contributed by atoms with Crippen LogP contribution in [0.3, 0.4) is 0 Å². The molecule has 1 aromatic carbocycles. The lowest BCUT2D eigenvalue weighted by Gasteiger charge is -2.37. The van der Waals surface area contributed by atoms with Crippen LogP contribution >= 0.6 is 15.9 Å². The average Bonchev–Trinajstić information content (AvgIpc) is 2.41. The van der Waals surface area contributed by atoms with Gasteiger partial charge in [0, 0.05) is 16.6 Å². The summed E-state index contributed by atoms with van der Waals surface area (Å²) in [5, 5.41) is 2.67. The lowest BCUT2D eigenvalue weighted by Crippen LogP contribution is -2.61. The largest absolute Gasteiger partial charge is 0.343 e. The Hall–Kier alpha value is -1.43. The second kappa shape index (κ2) is 5.91. The third kappa shape index (κ3) is 2.85. The summed E-state index contributed by atoms with van der Waals surface area (Å²) >= 11 is 3.19. The van der Waals surface area contributed by atoms with Crippen molar-refractivity contribution >= 4 is 27.7 Å². The van der Waals surface area contributed by atoms with Crippen LogP contribution in [0.25, 0.3) is 0 Å². The van der Waals surface area contributed by atoms with Gasteiger partial charge in [0.2, 0.25) is 11.8 Å². The van der Waals surface area contributed by atoms with Crippen LogP contribution in [0.2, 0.25) is 0 Å². The third-order valence-electron chi connectivity index (χ3n) is 3.51. The lowest BCUT2D eigenvalue weighted by atomic mass is 10.0. The Morgan fingerprint density at radius 1 is 1.40 bits per heavy atom. The van der Waals surface area contributed by atoms with Crippen molar-refractivity contribution < 1.29 is 14.0 Å². The van der Waals surface area contributed by atoms with Gasteiger partial charge in [-0.1, -0.05) is 28.9 Å². The first kappa shape index (κ1) is 15.0. The maximum absolute atomic E-state index is 13.9. The normalized spacial score (nSPS) is 22.9. The van der Waals surface area contributed by atoms with Crippen molar-refractivity contribution in [2.75, 3.05) is 0 Å². The highest BCUT2D eigenvalue weighted by atomic mass is 79.9. The number of hydrogen-bond acceptors (Lipinski definition) is 2. The van der Waals surface area contributed by atoms with E-state index in [1.807, 2.05) is 6.92 Å². The molecule has 1 saturated heterocycles. The highest BCUT2D eigenvalue weighted by molar-refractivity contribution is 9.10. The zero-order valence-corrected chi connectivity index (χ0v) is 12.9. The van der Waals surface area contributed by atoms with Crippen molar-refractivity contribution in [1.29, 1.82) is 0 Å². The first-order valence-electron chi connectivity index (χ1n) is 6.48. The number of nitrogens with zero attached hydrogens (tertiary/aromatic N) is 1. The maximum atomic E-state index is 13.9. The van der Waals surface area contributed by atoms with Crippen LogP contribution in [0.15, 0.2) is 22.7 Å². The standard InChI is InChI=1S/C14H16BrFN2O2/c1-3-12-14(20)18(8(2)13(19)17-12)7-9-4-5-10(15)6-11(9)16/h4-6,8,12H,3,7H2,1-2H3,(H,17,19). The molecule has 108 valence electrons. The molecule has 20 heavy (non-hydrogen) atoms. The minimum atomic E-state index is -0.589. The van der Waals surface area contributed by atoms with Gasteiger partial charge in [-0.25, -0.2) is 4.39 Å². The molecule has 6 heteroatoms. The van der Waals surface area contributed by atoms with Crippen LogP contribution in [0.4, 0.5) is 4.39 Å². The van der Waals surface area contributed by atoms with Crippen LogP contribution in [-0.4, -0.2) is 28.8 Å². The molecule has 0 bridgehead atoms. The van der Waals surface area contributed by atoms with Gasteiger partial charge in [0.25, 0.3) is 0 Å². The van der Waals surface area contributed by atoms with E-state index in [2.05, 4.69) is 21.2 Å². The number of carbonyl (C=O) groups is 2. The Bertz CT molecular complexity index is 550. The zero-order valence-electron chi connectivity index (χ0n) is 11.3. The molecule has 0 saturated carbocycles. The van der Waals surface area contributed by atoms with Crippen LogP contribution in [0.1, 0.15) is 25.8 Å². The number of rotatable bonds is 3. The summed E-state index contributed by atoms with van der Waals surface area (Å²) in [4.78, 5) is 25.5. The van der Waals surface area contributed by atoms with Crippen molar-refractivity contribution in [2.45, 2.75) is 38.9 Å². The van der Waals surface area contributed by atoms with E-state index in [1.54, 1.807) is 19.1 Å². The van der Waals surface area contributed by atoms with Gasteiger partial charge in [-0.15, -0.1) is 0 Å². The minimum Gasteiger partial charge on any atom is -0.343 e. The molecule has 1 aliphatic rings. The first-order chi connectivity index (χ1) is 9.43. The average molecular weight is 343 g/mol. The Labute approximate surface area is 125 Å². The van der Waals surface area contributed by atoms with E-state index in [0.29, 0.717) is 16.5 Å². The van der Waals surface area contributed by atoms with Gasteiger partial charge in [-0.05, 0) is 25.5 Å². The van der Waals surface area contributed by atoms with E-state index in [4.69, 9.17) is 0 Å². The van der Waals surface area contributed by atoms with Crippen molar-refractivity contribution in [3.8, 4) is 0 Å². The van der Waals surface area contributed by atoms with Crippen molar-refractivity contribution in [1.82, 2.24) is 10.2 Å². The highest BCUT2D eigenvalue weighted by Crippen LogP contribution is 2.20. The minimum absolute atomic E-state index is 0.100. The summed E-state index contributed by atoms with van der Waals surface area (Å²) in [6.45, 7) is 3.58. The van der Waals surface area contributed by atoms with Gasteiger partial charge in [-0.3, -0.25) is 9.59 Å². The number of benzene rings is 1. The summed E-state index contributed by atoms with van der Waals surface area (Å²) in [6, 6.07) is 3.58. The molecule has 1 heterocycles. The number of hydrogen-bond donors (Lipinski definition) is 1.